The van der Waals surface area contributed by atoms with Gasteiger partial charge in [0.2, 0.25) is 0 Å². The van der Waals surface area contributed by atoms with Crippen LogP contribution in [0.4, 0.5) is 22.7 Å². The van der Waals surface area contributed by atoms with Crippen molar-refractivity contribution in [2.45, 2.75) is 4.90 Å². The summed E-state index contributed by atoms with van der Waals surface area (Å²) in [6.07, 6.45) is 3.85. The second kappa shape index (κ2) is 6.13. The van der Waals surface area contributed by atoms with Gasteiger partial charge in [-0.05, 0) is 48.7 Å². The average molecular weight is 311 g/mol. The molecule has 3 rings (SSSR count). The SMILES string of the molecule is CSc1ccc2nccc(Nc3ccc(N)c(NN)c3)c2c1. The van der Waals surface area contributed by atoms with Crippen LogP contribution in [0.25, 0.3) is 10.9 Å². The molecule has 6 heteroatoms. The molecule has 0 aliphatic heterocycles. The normalized spacial score (nSPS) is 10.6. The zero-order valence-electron chi connectivity index (χ0n) is 12.1. The number of nitrogens with zero attached hydrogens (tertiary/aromatic N) is 1. The second-order valence-electron chi connectivity index (χ2n) is 4.81. The van der Waals surface area contributed by atoms with Crippen LogP contribution in [0.3, 0.4) is 0 Å². The van der Waals surface area contributed by atoms with E-state index in [9.17, 15) is 0 Å². The Morgan fingerprint density at radius 3 is 2.68 bits per heavy atom. The van der Waals surface area contributed by atoms with E-state index in [1.54, 1.807) is 18.0 Å². The van der Waals surface area contributed by atoms with E-state index in [1.807, 2.05) is 30.3 Å². The standard InChI is InChI=1S/C16H17N5S/c1-22-11-3-5-14-12(9-11)15(6-7-19-14)20-10-2-4-13(17)16(8-10)21-18/h2-9,21H,17-18H2,1H3,(H,19,20). The Hall–Kier alpha value is -2.44. The summed E-state index contributed by atoms with van der Waals surface area (Å²) in [5.74, 6) is 5.47. The van der Waals surface area contributed by atoms with Gasteiger partial charge in [-0.25, -0.2) is 0 Å². The Balaban J connectivity index is 2.03. The van der Waals surface area contributed by atoms with Crippen molar-refractivity contribution in [3.63, 3.8) is 0 Å². The highest BCUT2D eigenvalue weighted by molar-refractivity contribution is 7.98. The third kappa shape index (κ3) is 2.79. The molecule has 0 atom stereocenters. The molecule has 0 fully saturated rings. The smallest absolute Gasteiger partial charge is 0.0736 e. The maximum atomic E-state index is 5.84. The zero-order chi connectivity index (χ0) is 15.5. The molecule has 22 heavy (non-hydrogen) atoms. The van der Waals surface area contributed by atoms with Gasteiger partial charge < -0.3 is 16.5 Å². The lowest BCUT2D eigenvalue weighted by Gasteiger charge is -2.12. The molecule has 0 aliphatic rings. The fourth-order valence-corrected chi connectivity index (χ4v) is 2.72. The van der Waals surface area contributed by atoms with Gasteiger partial charge in [0.05, 0.1) is 16.9 Å². The van der Waals surface area contributed by atoms with Crippen molar-refractivity contribution in [3.05, 3.63) is 48.7 Å². The van der Waals surface area contributed by atoms with E-state index in [0.29, 0.717) is 11.4 Å². The molecule has 0 radical (unpaired) electrons. The topological polar surface area (TPSA) is 89.0 Å². The van der Waals surface area contributed by atoms with Crippen LogP contribution < -0.4 is 22.3 Å². The summed E-state index contributed by atoms with van der Waals surface area (Å²) in [5, 5.41) is 4.48. The molecule has 0 saturated heterocycles. The monoisotopic (exact) mass is 311 g/mol. The summed E-state index contributed by atoms with van der Waals surface area (Å²) < 4.78 is 0. The van der Waals surface area contributed by atoms with Crippen LogP contribution in [0.15, 0.2) is 53.6 Å². The number of fused-ring (bicyclic) bond motifs is 1. The van der Waals surface area contributed by atoms with Gasteiger partial charge in [0.1, 0.15) is 0 Å². The predicted molar refractivity (Wildman–Crippen MR) is 95.5 cm³/mol. The minimum atomic E-state index is 0.609. The van der Waals surface area contributed by atoms with Crippen LogP contribution in [0.1, 0.15) is 0 Å². The number of hydrogen-bond donors (Lipinski definition) is 4. The molecular formula is C16H17N5S. The van der Waals surface area contributed by atoms with Crippen LogP contribution in [0, 0.1) is 0 Å². The molecular weight excluding hydrogens is 294 g/mol. The number of pyridine rings is 1. The summed E-state index contributed by atoms with van der Waals surface area (Å²) in [5.41, 5.74) is 12.6. The van der Waals surface area contributed by atoms with Crippen molar-refractivity contribution >= 4 is 45.4 Å². The molecule has 0 spiro atoms. The van der Waals surface area contributed by atoms with Crippen LogP contribution >= 0.6 is 11.8 Å². The maximum absolute atomic E-state index is 5.84. The number of hydrazine groups is 1. The quantitative estimate of drug-likeness (QED) is 0.255. The fourth-order valence-electron chi connectivity index (χ4n) is 2.28. The van der Waals surface area contributed by atoms with Crippen molar-refractivity contribution in [1.82, 2.24) is 4.98 Å². The first-order valence-corrected chi connectivity index (χ1v) is 7.99. The molecule has 1 aromatic heterocycles. The van der Waals surface area contributed by atoms with Crippen LogP contribution in [-0.4, -0.2) is 11.2 Å². The number of rotatable bonds is 4. The van der Waals surface area contributed by atoms with Crippen molar-refractivity contribution in [2.75, 3.05) is 22.7 Å². The predicted octanol–water partition coefficient (Wildman–Crippen LogP) is 3.57. The molecule has 1 heterocycles. The number of nitrogen functional groups attached to an aromatic ring is 2. The number of nitrogens with two attached hydrogens (primary N) is 2. The number of anilines is 4. The second-order valence-corrected chi connectivity index (χ2v) is 5.69. The number of thioether (sulfide) groups is 1. The zero-order valence-corrected chi connectivity index (χ0v) is 12.9. The number of aromatic nitrogens is 1. The van der Waals surface area contributed by atoms with Gasteiger partial charge in [-0.1, -0.05) is 0 Å². The van der Waals surface area contributed by atoms with Gasteiger partial charge >= 0.3 is 0 Å². The lowest BCUT2D eigenvalue weighted by molar-refractivity contribution is 1.35. The highest BCUT2D eigenvalue weighted by Gasteiger charge is 2.05. The molecule has 0 saturated carbocycles. The van der Waals surface area contributed by atoms with Crippen molar-refractivity contribution < 1.29 is 0 Å². The molecule has 112 valence electrons. The molecule has 0 unspecified atom stereocenters. The highest BCUT2D eigenvalue weighted by atomic mass is 32.2. The minimum absolute atomic E-state index is 0.609. The fraction of sp³-hybridized carbons (Fsp3) is 0.0625. The third-order valence-corrected chi connectivity index (χ3v) is 4.16. The summed E-state index contributed by atoms with van der Waals surface area (Å²) in [6, 6.07) is 13.8. The first-order valence-electron chi connectivity index (χ1n) is 6.77. The molecule has 0 aliphatic carbocycles. The molecule has 0 bridgehead atoms. The van der Waals surface area contributed by atoms with Gasteiger partial charge in [-0.3, -0.25) is 10.8 Å². The molecule has 0 amide bonds. The Morgan fingerprint density at radius 1 is 1.05 bits per heavy atom. The first kappa shape index (κ1) is 14.5. The van der Waals surface area contributed by atoms with Gasteiger partial charge in [0.25, 0.3) is 0 Å². The van der Waals surface area contributed by atoms with E-state index in [4.69, 9.17) is 11.6 Å². The summed E-state index contributed by atoms with van der Waals surface area (Å²) >= 11 is 1.71. The van der Waals surface area contributed by atoms with Gasteiger partial charge in [0, 0.05) is 27.9 Å². The molecule has 2 aromatic carbocycles. The average Bonchev–Trinajstić information content (AvgIpc) is 2.56. The number of nitrogens with one attached hydrogen (secondary N) is 2. The lowest BCUT2D eigenvalue weighted by Crippen LogP contribution is -2.09. The Labute approximate surface area is 133 Å². The Bertz CT molecular complexity index is 819. The lowest BCUT2D eigenvalue weighted by atomic mass is 10.1. The van der Waals surface area contributed by atoms with E-state index >= 15 is 0 Å². The van der Waals surface area contributed by atoms with Gasteiger partial charge in [-0.2, -0.15) is 0 Å². The van der Waals surface area contributed by atoms with E-state index in [-0.39, 0.29) is 0 Å². The summed E-state index contributed by atoms with van der Waals surface area (Å²) in [7, 11) is 0. The van der Waals surface area contributed by atoms with Crippen molar-refractivity contribution in [1.29, 1.82) is 0 Å². The minimum Gasteiger partial charge on any atom is -0.397 e. The Morgan fingerprint density at radius 2 is 1.91 bits per heavy atom. The van der Waals surface area contributed by atoms with E-state index in [2.05, 4.69) is 34.1 Å². The summed E-state index contributed by atoms with van der Waals surface area (Å²) in [4.78, 5) is 5.60. The third-order valence-electron chi connectivity index (χ3n) is 3.44. The highest BCUT2D eigenvalue weighted by Crippen LogP contribution is 2.30. The van der Waals surface area contributed by atoms with Gasteiger partial charge in [0.15, 0.2) is 0 Å². The van der Waals surface area contributed by atoms with Gasteiger partial charge in [-0.15, -0.1) is 11.8 Å². The van der Waals surface area contributed by atoms with E-state index in [1.165, 1.54) is 4.90 Å². The van der Waals surface area contributed by atoms with Crippen LogP contribution in [0.5, 0.6) is 0 Å². The molecule has 3 aromatic rings. The molecule has 6 N–H and O–H groups in total. The first-order chi connectivity index (χ1) is 10.7. The summed E-state index contributed by atoms with van der Waals surface area (Å²) in [6.45, 7) is 0. The Kier molecular flexibility index (Phi) is 4.04. The van der Waals surface area contributed by atoms with Crippen LogP contribution in [0.2, 0.25) is 0 Å². The maximum Gasteiger partial charge on any atom is 0.0736 e. The van der Waals surface area contributed by atoms with E-state index < -0.39 is 0 Å². The van der Waals surface area contributed by atoms with E-state index in [0.717, 1.165) is 22.3 Å². The number of hydrogen-bond acceptors (Lipinski definition) is 6. The molecule has 5 nitrogen and oxygen atoms in total. The number of benzene rings is 2. The van der Waals surface area contributed by atoms with Crippen molar-refractivity contribution in [2.24, 2.45) is 5.84 Å². The van der Waals surface area contributed by atoms with Crippen LogP contribution in [-0.2, 0) is 0 Å². The largest absolute Gasteiger partial charge is 0.397 e. The van der Waals surface area contributed by atoms with Crippen molar-refractivity contribution in [3.8, 4) is 0 Å².